The van der Waals surface area contributed by atoms with Gasteiger partial charge in [-0.15, -0.1) is 13.2 Å². The molecule has 3 aliphatic rings. The quantitative estimate of drug-likeness (QED) is 0.779. The van der Waals surface area contributed by atoms with E-state index in [0.717, 1.165) is 36.9 Å². The molecule has 0 aliphatic heterocycles. The van der Waals surface area contributed by atoms with Crippen LogP contribution in [0.25, 0.3) is 0 Å². The van der Waals surface area contributed by atoms with Gasteiger partial charge in [-0.05, 0) is 55.2 Å². The summed E-state index contributed by atoms with van der Waals surface area (Å²) in [5.41, 5.74) is 3.71. The van der Waals surface area contributed by atoms with Crippen molar-refractivity contribution < 1.29 is 22.6 Å². The molecule has 0 spiro atoms. The summed E-state index contributed by atoms with van der Waals surface area (Å²) < 4.78 is 46.8. The van der Waals surface area contributed by atoms with Gasteiger partial charge in [-0.1, -0.05) is 6.07 Å². The number of methoxy groups -OCH3 is 1. The molecule has 1 aromatic carbocycles. The Labute approximate surface area is 149 Å². The number of nitrogens with zero attached hydrogens (tertiary/aromatic N) is 1. The second-order valence-electron chi connectivity index (χ2n) is 6.76. The minimum absolute atomic E-state index is 0.251. The Morgan fingerprint density at radius 3 is 2.42 bits per heavy atom. The second kappa shape index (κ2) is 6.37. The lowest BCUT2D eigenvalue weighted by molar-refractivity contribution is -0.274. The fourth-order valence-corrected chi connectivity index (χ4v) is 4.22. The van der Waals surface area contributed by atoms with Crippen LogP contribution in [0.2, 0.25) is 0 Å². The molecule has 2 bridgehead atoms. The van der Waals surface area contributed by atoms with Crippen LogP contribution in [0.1, 0.15) is 48.6 Å². The lowest BCUT2D eigenvalue weighted by Crippen LogP contribution is -2.24. The molecule has 4 nitrogen and oxygen atoms in total. The highest BCUT2D eigenvalue weighted by molar-refractivity contribution is 5.68. The number of hydrogen-bond donors (Lipinski definition) is 1. The lowest BCUT2D eigenvalue weighted by atomic mass is 9.67. The summed E-state index contributed by atoms with van der Waals surface area (Å²) in [6.07, 6.45) is 1.50. The molecular formula is C19H19F3N2O2. The normalized spacial score (nSPS) is 21.2. The van der Waals surface area contributed by atoms with Crippen molar-refractivity contribution in [3.05, 3.63) is 41.6 Å². The van der Waals surface area contributed by atoms with Gasteiger partial charge in [-0.2, -0.15) is 0 Å². The first-order valence-corrected chi connectivity index (χ1v) is 8.64. The van der Waals surface area contributed by atoms with Gasteiger partial charge >= 0.3 is 6.36 Å². The van der Waals surface area contributed by atoms with Crippen molar-refractivity contribution in [1.29, 1.82) is 0 Å². The average molecular weight is 364 g/mol. The number of anilines is 2. The number of hydrogen-bond acceptors (Lipinski definition) is 4. The standard InChI is InChI=1S/C19H19F3N2O2/c1-25-18-17-12-7-5-11(6-8-12)16(17)15(10-23-18)24-13-3-2-4-14(9-13)26-19(20,21)22/h2-4,9-12,24H,5-8H2,1H3. The van der Waals surface area contributed by atoms with Gasteiger partial charge in [-0.25, -0.2) is 4.98 Å². The van der Waals surface area contributed by atoms with Crippen molar-refractivity contribution in [2.45, 2.75) is 43.9 Å². The molecule has 138 valence electrons. The monoisotopic (exact) mass is 364 g/mol. The predicted octanol–water partition coefficient (Wildman–Crippen LogP) is 5.49. The summed E-state index contributed by atoms with van der Waals surface area (Å²) in [6, 6.07) is 5.85. The smallest absolute Gasteiger partial charge is 0.481 e. The number of fused-ring (bicyclic) bond motifs is 2. The van der Waals surface area contributed by atoms with Gasteiger partial charge in [0.2, 0.25) is 5.88 Å². The van der Waals surface area contributed by atoms with Crippen LogP contribution in [0.4, 0.5) is 24.5 Å². The zero-order chi connectivity index (χ0) is 18.3. The van der Waals surface area contributed by atoms with Gasteiger partial charge in [0.05, 0.1) is 19.0 Å². The van der Waals surface area contributed by atoms with Crippen molar-refractivity contribution in [3.8, 4) is 11.6 Å². The van der Waals surface area contributed by atoms with Crippen molar-refractivity contribution in [2.75, 3.05) is 12.4 Å². The van der Waals surface area contributed by atoms with E-state index in [2.05, 4.69) is 15.0 Å². The maximum Gasteiger partial charge on any atom is 0.573 e. The number of aromatic nitrogens is 1. The Bertz CT molecular complexity index is 815. The highest BCUT2D eigenvalue weighted by Crippen LogP contribution is 2.54. The number of halogens is 3. The molecule has 26 heavy (non-hydrogen) atoms. The van der Waals surface area contributed by atoms with Gasteiger partial charge in [0.15, 0.2) is 0 Å². The van der Waals surface area contributed by atoms with Crippen LogP contribution >= 0.6 is 0 Å². The lowest BCUT2D eigenvalue weighted by Gasteiger charge is -2.39. The largest absolute Gasteiger partial charge is 0.573 e. The van der Waals surface area contributed by atoms with Gasteiger partial charge in [0.1, 0.15) is 5.75 Å². The Morgan fingerprint density at radius 2 is 1.77 bits per heavy atom. The maximum atomic E-state index is 12.4. The molecule has 0 amide bonds. The van der Waals surface area contributed by atoms with E-state index in [0.29, 0.717) is 23.4 Å². The highest BCUT2D eigenvalue weighted by Gasteiger charge is 2.37. The molecule has 0 unspecified atom stereocenters. The zero-order valence-electron chi connectivity index (χ0n) is 14.3. The molecule has 3 aliphatic carbocycles. The fourth-order valence-electron chi connectivity index (χ4n) is 4.22. The zero-order valence-corrected chi connectivity index (χ0v) is 14.3. The first kappa shape index (κ1) is 17.0. The van der Waals surface area contributed by atoms with E-state index < -0.39 is 6.36 Å². The van der Waals surface area contributed by atoms with Crippen LogP contribution in [0.5, 0.6) is 11.6 Å². The van der Waals surface area contributed by atoms with E-state index in [1.807, 2.05) is 0 Å². The van der Waals surface area contributed by atoms with E-state index >= 15 is 0 Å². The molecule has 1 aromatic heterocycles. The Hall–Kier alpha value is -2.44. The molecule has 1 saturated carbocycles. The molecule has 1 heterocycles. The number of alkyl halides is 3. The molecular weight excluding hydrogens is 345 g/mol. The third kappa shape index (κ3) is 3.18. The summed E-state index contributed by atoms with van der Waals surface area (Å²) in [5.74, 6) is 1.29. The molecule has 1 N–H and O–H groups in total. The van der Waals surface area contributed by atoms with Crippen molar-refractivity contribution in [3.63, 3.8) is 0 Å². The van der Waals surface area contributed by atoms with E-state index in [1.165, 1.54) is 23.8 Å². The number of rotatable bonds is 4. The SMILES string of the molecule is COc1ncc(Nc2cccc(OC(F)(F)F)c2)c2c1C1CCC2CC1. The Morgan fingerprint density at radius 1 is 1.08 bits per heavy atom. The second-order valence-corrected chi connectivity index (χ2v) is 6.76. The van der Waals surface area contributed by atoms with Gasteiger partial charge < -0.3 is 14.8 Å². The molecule has 2 aromatic rings. The molecule has 7 heteroatoms. The van der Waals surface area contributed by atoms with E-state index in [-0.39, 0.29) is 5.75 Å². The molecule has 0 atom stereocenters. The summed E-state index contributed by atoms with van der Waals surface area (Å²) in [6.45, 7) is 0. The highest BCUT2D eigenvalue weighted by atomic mass is 19.4. The van der Waals surface area contributed by atoms with E-state index in [1.54, 1.807) is 19.4 Å². The van der Waals surface area contributed by atoms with Crippen LogP contribution in [-0.4, -0.2) is 18.5 Å². The molecule has 5 rings (SSSR count). The van der Waals surface area contributed by atoms with Crippen molar-refractivity contribution in [1.82, 2.24) is 4.98 Å². The van der Waals surface area contributed by atoms with Crippen LogP contribution in [-0.2, 0) is 0 Å². The molecule has 1 fully saturated rings. The number of ether oxygens (including phenoxy) is 2. The summed E-state index contributed by atoms with van der Waals surface area (Å²) >= 11 is 0. The predicted molar refractivity (Wildman–Crippen MR) is 91.1 cm³/mol. The minimum atomic E-state index is -4.71. The molecule has 0 saturated heterocycles. The van der Waals surface area contributed by atoms with Crippen LogP contribution in [0.15, 0.2) is 30.5 Å². The maximum absolute atomic E-state index is 12.4. The topological polar surface area (TPSA) is 43.4 Å². The minimum Gasteiger partial charge on any atom is -0.481 e. The molecule has 0 radical (unpaired) electrons. The third-order valence-corrected chi connectivity index (χ3v) is 5.21. The van der Waals surface area contributed by atoms with Crippen molar-refractivity contribution >= 4 is 11.4 Å². The van der Waals surface area contributed by atoms with Gasteiger partial charge in [0.25, 0.3) is 0 Å². The Kier molecular flexibility index (Phi) is 4.17. The summed E-state index contributed by atoms with van der Waals surface area (Å²) in [4.78, 5) is 4.41. The Balaban J connectivity index is 1.68. The van der Waals surface area contributed by atoms with Crippen LogP contribution in [0.3, 0.4) is 0 Å². The first-order valence-electron chi connectivity index (χ1n) is 8.64. The summed E-state index contributed by atoms with van der Waals surface area (Å²) in [7, 11) is 1.62. The summed E-state index contributed by atoms with van der Waals surface area (Å²) in [5, 5.41) is 3.23. The average Bonchev–Trinajstić information content (AvgIpc) is 2.62. The first-order chi connectivity index (χ1) is 12.4. The van der Waals surface area contributed by atoms with Crippen molar-refractivity contribution in [2.24, 2.45) is 0 Å². The van der Waals surface area contributed by atoms with E-state index in [9.17, 15) is 13.2 Å². The van der Waals surface area contributed by atoms with Crippen LogP contribution < -0.4 is 14.8 Å². The number of nitrogens with one attached hydrogen (secondary N) is 1. The van der Waals surface area contributed by atoms with E-state index in [4.69, 9.17) is 4.74 Å². The van der Waals surface area contributed by atoms with Crippen LogP contribution in [0, 0.1) is 0 Å². The van der Waals surface area contributed by atoms with Gasteiger partial charge in [-0.3, -0.25) is 0 Å². The number of pyridine rings is 1. The number of benzene rings is 1. The van der Waals surface area contributed by atoms with Gasteiger partial charge in [0, 0.05) is 17.3 Å². The fraction of sp³-hybridized carbons (Fsp3) is 0.421. The third-order valence-electron chi connectivity index (χ3n) is 5.21.